The Morgan fingerprint density at radius 3 is 2.68 bits per heavy atom. The normalized spacial score (nSPS) is 48.9. The molecule has 3 heterocycles. The van der Waals surface area contributed by atoms with Crippen molar-refractivity contribution < 1.29 is 43.1 Å². The Morgan fingerprint density at radius 2 is 1.97 bits per heavy atom. The summed E-state index contributed by atoms with van der Waals surface area (Å²) in [7, 11) is 1.30. The average Bonchev–Trinajstić information content (AvgIpc) is 3.33. The fourth-order valence-electron chi connectivity index (χ4n) is 9.07. The summed E-state index contributed by atoms with van der Waals surface area (Å²) in [5.74, 6) is -1.74. The van der Waals surface area contributed by atoms with Crippen LogP contribution in [0.15, 0.2) is 11.6 Å². The van der Waals surface area contributed by atoms with Crippen LogP contribution in [0.2, 0.25) is 0 Å². The summed E-state index contributed by atoms with van der Waals surface area (Å²) in [6, 6.07) is 0. The molecule has 9 heteroatoms. The van der Waals surface area contributed by atoms with Crippen LogP contribution < -0.4 is 0 Å². The van der Waals surface area contributed by atoms with Crippen LogP contribution in [-0.2, 0) is 38.0 Å². The molecule has 1 N–H and O–H groups in total. The van der Waals surface area contributed by atoms with Gasteiger partial charge in [0.2, 0.25) is 0 Å². The Kier molecular flexibility index (Phi) is 5.91. The lowest BCUT2D eigenvalue weighted by Crippen LogP contribution is -2.60. The van der Waals surface area contributed by atoms with Crippen LogP contribution in [0.4, 0.5) is 0 Å². The van der Waals surface area contributed by atoms with E-state index in [4.69, 9.17) is 28.4 Å². The molecule has 0 spiro atoms. The second kappa shape index (κ2) is 8.49. The van der Waals surface area contributed by atoms with E-state index in [9.17, 15) is 14.7 Å². The van der Waals surface area contributed by atoms with Gasteiger partial charge in [0.1, 0.15) is 0 Å². The number of allylic oxidation sites excluding steroid dienone is 1. The van der Waals surface area contributed by atoms with Crippen molar-refractivity contribution in [1.82, 2.24) is 0 Å². The van der Waals surface area contributed by atoms with Gasteiger partial charge >= 0.3 is 11.9 Å². The predicted octanol–water partition coefficient (Wildman–Crippen LogP) is 3.79. The van der Waals surface area contributed by atoms with Gasteiger partial charge in [-0.25, -0.2) is 4.79 Å². The maximum Gasteiger partial charge on any atom is 0.332 e. The molecule has 9 nitrogen and oxygen atoms in total. The Labute approximate surface area is 218 Å². The van der Waals surface area contributed by atoms with Gasteiger partial charge in [-0.3, -0.25) is 4.79 Å². The summed E-state index contributed by atoms with van der Waals surface area (Å²) in [6.07, 6.45) is 5.71. The molecule has 0 radical (unpaired) electrons. The van der Waals surface area contributed by atoms with Gasteiger partial charge in [-0.2, -0.15) is 0 Å². The lowest BCUT2D eigenvalue weighted by atomic mass is 9.48. The molecule has 5 fully saturated rings. The molecule has 1 unspecified atom stereocenters. The van der Waals surface area contributed by atoms with Crippen molar-refractivity contribution in [2.24, 2.45) is 28.6 Å². The molecule has 0 aromatic carbocycles. The molecule has 3 aliphatic heterocycles. The number of carbonyl (C=O) groups excluding carboxylic acids is 1. The molecule has 11 atom stereocenters. The van der Waals surface area contributed by atoms with Gasteiger partial charge in [0, 0.05) is 11.3 Å². The standard InChI is InChI=1S/C28H40O9/c1-15(24(30)31)34-22(13-21(29)32-5)35-17-8-10-25(2)16(12-17)6-7-19-18(25)9-11-26(3)23-20-14-33-27(23,4)37-28(19,26)36-20/h6,15,17-20,22-23H,7-14H2,1-5H3,(H,30,31)/t15?,17-,18-,19+,20+,22-,23-,25-,26+,27+,28-/m0/s1. The lowest BCUT2D eigenvalue weighted by molar-refractivity contribution is -0.358. The lowest BCUT2D eigenvalue weighted by Gasteiger charge is -2.59. The molecule has 37 heavy (non-hydrogen) atoms. The maximum atomic E-state index is 11.9. The molecule has 206 valence electrons. The van der Waals surface area contributed by atoms with Gasteiger partial charge in [-0.05, 0) is 63.7 Å². The number of ether oxygens (including phenoxy) is 6. The summed E-state index contributed by atoms with van der Waals surface area (Å²) in [5, 5.41) is 9.27. The fourth-order valence-corrected chi connectivity index (χ4v) is 9.07. The smallest absolute Gasteiger partial charge is 0.332 e. The first-order valence-electron chi connectivity index (χ1n) is 13.8. The average molecular weight is 521 g/mol. The quantitative estimate of drug-likeness (QED) is 0.305. The summed E-state index contributed by atoms with van der Waals surface area (Å²) < 4.78 is 36.3. The molecule has 3 aliphatic carbocycles. The number of hydrogen-bond acceptors (Lipinski definition) is 8. The van der Waals surface area contributed by atoms with Crippen molar-refractivity contribution in [2.45, 2.75) is 109 Å². The van der Waals surface area contributed by atoms with Gasteiger partial charge in [0.25, 0.3) is 0 Å². The molecule has 2 bridgehead atoms. The maximum absolute atomic E-state index is 11.9. The van der Waals surface area contributed by atoms with Gasteiger partial charge in [-0.1, -0.05) is 25.5 Å². The summed E-state index contributed by atoms with van der Waals surface area (Å²) in [5.41, 5.74) is 1.36. The minimum atomic E-state index is -1.10. The zero-order valence-corrected chi connectivity index (χ0v) is 22.5. The minimum Gasteiger partial charge on any atom is -0.479 e. The Hall–Kier alpha value is -1.52. The highest BCUT2D eigenvalue weighted by molar-refractivity contribution is 5.72. The van der Waals surface area contributed by atoms with Crippen LogP contribution >= 0.6 is 0 Å². The molecular weight excluding hydrogens is 480 g/mol. The third-order valence-corrected chi connectivity index (χ3v) is 10.8. The third kappa shape index (κ3) is 3.53. The molecule has 2 saturated carbocycles. The van der Waals surface area contributed by atoms with Crippen LogP contribution in [0.1, 0.15) is 72.6 Å². The molecule has 6 aliphatic rings. The van der Waals surface area contributed by atoms with E-state index in [0.717, 1.165) is 38.5 Å². The van der Waals surface area contributed by atoms with Crippen LogP contribution in [-0.4, -0.2) is 66.9 Å². The van der Waals surface area contributed by atoms with E-state index in [1.165, 1.54) is 19.6 Å². The van der Waals surface area contributed by atoms with E-state index in [1.807, 2.05) is 0 Å². The number of carbonyl (C=O) groups is 2. The van der Waals surface area contributed by atoms with Gasteiger partial charge in [-0.15, -0.1) is 0 Å². The molecule has 6 rings (SSSR count). The first kappa shape index (κ1) is 25.7. The van der Waals surface area contributed by atoms with Crippen molar-refractivity contribution in [2.75, 3.05) is 13.7 Å². The number of aliphatic carboxylic acids is 1. The summed E-state index contributed by atoms with van der Waals surface area (Å²) in [6.45, 7) is 8.90. The Balaban J connectivity index is 1.21. The van der Waals surface area contributed by atoms with E-state index in [2.05, 4.69) is 26.8 Å². The fraction of sp³-hybridized carbons (Fsp3) is 0.857. The van der Waals surface area contributed by atoms with Gasteiger partial charge in [0.05, 0.1) is 38.3 Å². The molecule has 3 saturated heterocycles. The minimum absolute atomic E-state index is 0.0140. The van der Waals surface area contributed by atoms with Crippen molar-refractivity contribution >= 4 is 11.9 Å². The highest BCUT2D eigenvalue weighted by Crippen LogP contribution is 2.76. The molecule has 0 aromatic rings. The number of hydrogen-bond donors (Lipinski definition) is 1. The largest absolute Gasteiger partial charge is 0.479 e. The number of rotatable bonds is 7. The zero-order chi connectivity index (χ0) is 26.4. The van der Waals surface area contributed by atoms with Gasteiger partial charge in [0.15, 0.2) is 24.0 Å². The van der Waals surface area contributed by atoms with E-state index in [1.54, 1.807) is 0 Å². The zero-order valence-electron chi connectivity index (χ0n) is 22.5. The van der Waals surface area contributed by atoms with Crippen molar-refractivity contribution in [3.05, 3.63) is 11.6 Å². The monoisotopic (exact) mass is 520 g/mol. The molecular formula is C28H40O9. The first-order valence-corrected chi connectivity index (χ1v) is 13.8. The van der Waals surface area contributed by atoms with Gasteiger partial charge < -0.3 is 33.5 Å². The van der Waals surface area contributed by atoms with Crippen LogP contribution in [0, 0.1) is 28.6 Å². The van der Waals surface area contributed by atoms with Crippen LogP contribution in [0.5, 0.6) is 0 Å². The highest BCUT2D eigenvalue weighted by atomic mass is 16.8. The van der Waals surface area contributed by atoms with E-state index >= 15 is 0 Å². The SMILES string of the molecule is COC(=O)C[C@@H](OC(C)C(=O)O)O[C@H]1CC[C@@]2(C)C(=CC[C@@H]3[C@@H]2CC[C@]2(C)[C@@H]4[C@H]5CO[C@]4(C)O[C@@]32O5)C1. The number of esters is 1. The Bertz CT molecular complexity index is 1010. The topological polar surface area (TPSA) is 110 Å². The number of carboxylic acid groups (broad SMARTS) is 1. The van der Waals surface area contributed by atoms with Crippen molar-refractivity contribution in [3.8, 4) is 0 Å². The number of carboxylic acids is 1. The number of methoxy groups -OCH3 is 1. The van der Waals surface area contributed by atoms with Crippen LogP contribution in [0.25, 0.3) is 0 Å². The second-order valence-electron chi connectivity index (χ2n) is 12.6. The number of fused-ring (bicyclic) bond motifs is 3. The second-order valence-corrected chi connectivity index (χ2v) is 12.6. The molecule has 0 aromatic heterocycles. The third-order valence-electron chi connectivity index (χ3n) is 10.8. The first-order chi connectivity index (χ1) is 17.5. The van der Waals surface area contributed by atoms with E-state index in [0.29, 0.717) is 12.5 Å². The highest BCUT2D eigenvalue weighted by Gasteiger charge is 2.83. The van der Waals surface area contributed by atoms with Crippen molar-refractivity contribution in [1.29, 1.82) is 0 Å². The van der Waals surface area contributed by atoms with Crippen LogP contribution in [0.3, 0.4) is 0 Å². The van der Waals surface area contributed by atoms with Crippen molar-refractivity contribution in [3.63, 3.8) is 0 Å². The Morgan fingerprint density at radius 1 is 1.19 bits per heavy atom. The summed E-state index contributed by atoms with van der Waals surface area (Å²) >= 11 is 0. The van der Waals surface area contributed by atoms with E-state index in [-0.39, 0.29) is 41.3 Å². The molecule has 0 amide bonds. The van der Waals surface area contributed by atoms with E-state index < -0.39 is 35.9 Å². The summed E-state index contributed by atoms with van der Waals surface area (Å²) in [4.78, 5) is 23.3. The predicted molar refractivity (Wildman–Crippen MR) is 129 cm³/mol.